The molecule has 0 aliphatic carbocycles. The van der Waals surface area contributed by atoms with Gasteiger partial charge in [-0.3, -0.25) is 4.98 Å². The van der Waals surface area contributed by atoms with Gasteiger partial charge in [0.1, 0.15) is 0 Å². The number of aromatic nitrogens is 1. The minimum absolute atomic E-state index is 0.613. The average Bonchev–Trinajstić information content (AvgIpc) is 2.43. The number of benzene rings is 1. The minimum Gasteiger partial charge on any atom is -0.384 e. The van der Waals surface area contributed by atoms with E-state index in [-0.39, 0.29) is 0 Å². The van der Waals surface area contributed by atoms with Crippen molar-refractivity contribution in [1.29, 1.82) is 0 Å². The molecule has 2 rings (SSSR count). The topological polar surface area (TPSA) is 28.2 Å². The first kappa shape index (κ1) is 13.8. The van der Waals surface area contributed by atoms with Crippen molar-refractivity contribution in [2.24, 2.45) is 0 Å². The summed E-state index contributed by atoms with van der Waals surface area (Å²) in [5.41, 5.74) is 2.23. The van der Waals surface area contributed by atoms with Gasteiger partial charge in [0.15, 0.2) is 0 Å². The summed E-state index contributed by atoms with van der Waals surface area (Å²) < 4.78 is 0. The lowest BCUT2D eigenvalue weighted by Gasteiger charge is -2.21. The van der Waals surface area contributed by atoms with E-state index in [1.54, 1.807) is 0 Å². The maximum Gasteiger partial charge on any atom is 0.0722 e. The number of rotatable bonds is 6. The van der Waals surface area contributed by atoms with Gasteiger partial charge in [0.05, 0.1) is 5.52 Å². The molecule has 1 heterocycles. The summed E-state index contributed by atoms with van der Waals surface area (Å²) in [6.45, 7) is 6.56. The molecule has 3 heteroatoms. The van der Waals surface area contributed by atoms with E-state index in [1.165, 1.54) is 11.1 Å². The molecule has 0 unspecified atom stereocenters. The molecule has 2 aromatic rings. The highest BCUT2D eigenvalue weighted by molar-refractivity contribution is 5.90. The molecule has 0 aliphatic rings. The molecule has 1 N–H and O–H groups in total. The lowest BCUT2D eigenvalue weighted by Crippen LogP contribution is -2.28. The Bertz CT molecular complexity index is 517. The third-order valence-electron chi connectivity index (χ3n) is 3.53. The maximum absolute atomic E-state index is 4.37. The normalized spacial score (nSPS) is 11.4. The summed E-state index contributed by atoms with van der Waals surface area (Å²) >= 11 is 0. The van der Waals surface area contributed by atoms with Crippen LogP contribution in [0.5, 0.6) is 0 Å². The predicted molar refractivity (Wildman–Crippen MR) is 82.6 cm³/mol. The van der Waals surface area contributed by atoms with Gasteiger partial charge in [-0.1, -0.05) is 18.2 Å². The minimum atomic E-state index is 0.613. The predicted octanol–water partition coefficient (Wildman–Crippen LogP) is 3.38. The quantitative estimate of drug-likeness (QED) is 0.804. The van der Waals surface area contributed by atoms with Crippen LogP contribution in [-0.2, 0) is 0 Å². The van der Waals surface area contributed by atoms with Crippen molar-refractivity contribution >= 4 is 16.6 Å². The van der Waals surface area contributed by atoms with Crippen molar-refractivity contribution < 1.29 is 0 Å². The molecule has 0 radical (unpaired) electrons. The van der Waals surface area contributed by atoms with Crippen LogP contribution in [0.2, 0.25) is 0 Å². The molecule has 0 saturated carbocycles. The monoisotopic (exact) mass is 257 g/mol. The van der Waals surface area contributed by atoms with Gasteiger partial charge in [0.2, 0.25) is 0 Å². The van der Waals surface area contributed by atoms with Gasteiger partial charge in [-0.25, -0.2) is 0 Å². The average molecular weight is 257 g/mol. The van der Waals surface area contributed by atoms with Crippen molar-refractivity contribution in [2.75, 3.05) is 25.5 Å². The van der Waals surface area contributed by atoms with Crippen LogP contribution in [0.15, 0.2) is 36.5 Å². The number of hydrogen-bond donors (Lipinski definition) is 1. The van der Waals surface area contributed by atoms with Crippen LogP contribution in [0, 0.1) is 0 Å². The van der Waals surface area contributed by atoms with Gasteiger partial charge in [0, 0.05) is 29.9 Å². The molecule has 0 amide bonds. The summed E-state index contributed by atoms with van der Waals surface area (Å²) in [7, 11) is 2.17. The fraction of sp³-hybridized carbons (Fsp3) is 0.438. The summed E-state index contributed by atoms with van der Waals surface area (Å²) in [5, 5.41) is 4.71. The van der Waals surface area contributed by atoms with Crippen molar-refractivity contribution in [1.82, 2.24) is 9.88 Å². The number of nitrogens with zero attached hydrogens (tertiary/aromatic N) is 2. The molecule has 0 atom stereocenters. The van der Waals surface area contributed by atoms with E-state index in [2.05, 4.69) is 54.3 Å². The molecule has 0 spiro atoms. The molecule has 0 fully saturated rings. The van der Waals surface area contributed by atoms with E-state index in [0.717, 1.165) is 25.0 Å². The first-order valence-electron chi connectivity index (χ1n) is 6.96. The van der Waals surface area contributed by atoms with Crippen LogP contribution in [0.4, 0.5) is 5.69 Å². The van der Waals surface area contributed by atoms with Crippen molar-refractivity contribution in [3.05, 3.63) is 36.5 Å². The molecule has 0 saturated heterocycles. The summed E-state index contributed by atoms with van der Waals surface area (Å²) in [6, 6.07) is 10.9. The highest BCUT2D eigenvalue weighted by atomic mass is 15.1. The molecular formula is C16H23N3. The van der Waals surface area contributed by atoms with Gasteiger partial charge in [0.25, 0.3) is 0 Å². The smallest absolute Gasteiger partial charge is 0.0722 e. The number of fused-ring (bicyclic) bond motifs is 1. The van der Waals surface area contributed by atoms with Crippen LogP contribution >= 0.6 is 0 Å². The standard InChI is InChI=1S/C16H23N3/c1-13(2)19(3)12-6-10-17-16-9-11-18-15-8-5-4-7-14(15)16/h4-5,7-9,11,13H,6,10,12H2,1-3H3,(H,17,18). The molecule has 0 aliphatic heterocycles. The van der Waals surface area contributed by atoms with Crippen LogP contribution in [0.25, 0.3) is 10.9 Å². The molecule has 0 bridgehead atoms. The van der Waals surface area contributed by atoms with E-state index in [0.29, 0.717) is 6.04 Å². The Labute approximate surface area is 115 Å². The summed E-state index contributed by atoms with van der Waals surface area (Å²) in [4.78, 5) is 6.74. The van der Waals surface area contributed by atoms with E-state index >= 15 is 0 Å². The van der Waals surface area contributed by atoms with Gasteiger partial charge in [-0.05, 0) is 46.0 Å². The van der Waals surface area contributed by atoms with Crippen LogP contribution in [0.1, 0.15) is 20.3 Å². The largest absolute Gasteiger partial charge is 0.384 e. The molecule has 102 valence electrons. The van der Waals surface area contributed by atoms with Gasteiger partial charge < -0.3 is 10.2 Å². The SMILES string of the molecule is CC(C)N(C)CCCNc1ccnc2ccccc12. The second-order valence-electron chi connectivity index (χ2n) is 5.23. The first-order chi connectivity index (χ1) is 9.18. The number of nitrogens with one attached hydrogen (secondary N) is 1. The van der Waals surface area contributed by atoms with Crippen molar-refractivity contribution in [3.8, 4) is 0 Å². The number of anilines is 1. The number of pyridine rings is 1. The molecule has 1 aromatic heterocycles. The zero-order valence-corrected chi connectivity index (χ0v) is 12.1. The van der Waals surface area contributed by atoms with Gasteiger partial charge in [-0.15, -0.1) is 0 Å². The van der Waals surface area contributed by atoms with Crippen LogP contribution in [0.3, 0.4) is 0 Å². The summed E-state index contributed by atoms with van der Waals surface area (Å²) in [6.07, 6.45) is 3.01. The van der Waals surface area contributed by atoms with E-state index in [9.17, 15) is 0 Å². The second kappa shape index (κ2) is 6.53. The molecule has 3 nitrogen and oxygen atoms in total. The number of para-hydroxylation sites is 1. The Morgan fingerprint density at radius 3 is 2.79 bits per heavy atom. The highest BCUT2D eigenvalue weighted by Gasteiger charge is 2.03. The molecule has 19 heavy (non-hydrogen) atoms. The third kappa shape index (κ3) is 3.67. The lowest BCUT2D eigenvalue weighted by molar-refractivity contribution is 0.273. The van der Waals surface area contributed by atoms with E-state index < -0.39 is 0 Å². The number of hydrogen-bond acceptors (Lipinski definition) is 3. The Morgan fingerprint density at radius 1 is 1.21 bits per heavy atom. The highest BCUT2D eigenvalue weighted by Crippen LogP contribution is 2.20. The second-order valence-corrected chi connectivity index (χ2v) is 5.23. The van der Waals surface area contributed by atoms with Crippen LogP contribution in [-0.4, -0.2) is 36.1 Å². The Kier molecular flexibility index (Phi) is 4.74. The van der Waals surface area contributed by atoms with Gasteiger partial charge in [-0.2, -0.15) is 0 Å². The van der Waals surface area contributed by atoms with Gasteiger partial charge >= 0.3 is 0 Å². The Balaban J connectivity index is 1.92. The third-order valence-corrected chi connectivity index (χ3v) is 3.53. The fourth-order valence-corrected chi connectivity index (χ4v) is 2.06. The Morgan fingerprint density at radius 2 is 2.00 bits per heavy atom. The first-order valence-corrected chi connectivity index (χ1v) is 6.96. The molecule has 1 aromatic carbocycles. The summed E-state index contributed by atoms with van der Waals surface area (Å²) in [5.74, 6) is 0. The zero-order valence-electron chi connectivity index (χ0n) is 12.1. The maximum atomic E-state index is 4.37. The molecular weight excluding hydrogens is 234 g/mol. The van der Waals surface area contributed by atoms with E-state index in [1.807, 2.05) is 18.3 Å². The zero-order chi connectivity index (χ0) is 13.7. The van der Waals surface area contributed by atoms with Crippen molar-refractivity contribution in [2.45, 2.75) is 26.3 Å². The van der Waals surface area contributed by atoms with E-state index in [4.69, 9.17) is 0 Å². The van der Waals surface area contributed by atoms with Crippen LogP contribution < -0.4 is 5.32 Å². The lowest BCUT2D eigenvalue weighted by atomic mass is 10.2. The van der Waals surface area contributed by atoms with Crippen molar-refractivity contribution in [3.63, 3.8) is 0 Å². The fourth-order valence-electron chi connectivity index (χ4n) is 2.06. The Hall–Kier alpha value is -1.61.